The van der Waals surface area contributed by atoms with Crippen LogP contribution in [-0.2, 0) is 14.3 Å². The Morgan fingerprint density at radius 1 is 0.368 bits per heavy atom. The molecule has 0 rings (SSSR count). The first-order chi connectivity index (χ1) is 37.5. The Bertz CT molecular complexity index is 1270. The highest BCUT2D eigenvalue weighted by molar-refractivity contribution is 5.76. The van der Waals surface area contributed by atoms with Crippen LogP contribution in [0.4, 0.5) is 0 Å². The molecule has 0 bridgehead atoms. The molecule has 0 heterocycles. The first-order valence-electron chi connectivity index (χ1n) is 33.9. The largest absolute Gasteiger partial charge is 0.466 e. The summed E-state index contributed by atoms with van der Waals surface area (Å²) in [6.07, 6.45) is 84.2. The molecule has 76 heavy (non-hydrogen) atoms. The highest BCUT2D eigenvalue weighted by atomic mass is 16.5. The van der Waals surface area contributed by atoms with Gasteiger partial charge in [-0.25, -0.2) is 0 Å². The van der Waals surface area contributed by atoms with Gasteiger partial charge in [-0.2, -0.15) is 0 Å². The van der Waals surface area contributed by atoms with E-state index in [2.05, 4.69) is 67.8 Å². The van der Waals surface area contributed by atoms with Crippen LogP contribution in [0.1, 0.15) is 361 Å². The highest BCUT2D eigenvalue weighted by Crippen LogP contribution is 2.18. The third-order valence-electron chi connectivity index (χ3n) is 15.6. The van der Waals surface area contributed by atoms with Gasteiger partial charge in [0, 0.05) is 12.8 Å². The fraction of sp³-hybridized carbons (Fsp3) is 0.857. The summed E-state index contributed by atoms with van der Waals surface area (Å²) in [7, 11) is 0. The van der Waals surface area contributed by atoms with E-state index in [1.807, 2.05) is 0 Å². The maximum atomic E-state index is 12.5. The number of hydrogen-bond donors (Lipinski definition) is 3. The van der Waals surface area contributed by atoms with Crippen molar-refractivity contribution in [3.05, 3.63) is 48.6 Å². The number of rotatable bonds is 63. The lowest BCUT2D eigenvalue weighted by molar-refractivity contribution is -0.143. The molecule has 6 heteroatoms. The Balaban J connectivity index is 3.43. The molecule has 0 aliphatic carbocycles. The van der Waals surface area contributed by atoms with Crippen LogP contribution < -0.4 is 5.32 Å². The van der Waals surface area contributed by atoms with Gasteiger partial charge >= 0.3 is 5.97 Å². The molecule has 0 saturated heterocycles. The topological polar surface area (TPSA) is 95.9 Å². The second kappa shape index (κ2) is 65.3. The van der Waals surface area contributed by atoms with Gasteiger partial charge in [-0.15, -0.1) is 0 Å². The standard InChI is InChI=1S/C70H131NO5/c1-3-5-7-9-11-13-15-17-19-31-35-38-42-46-50-54-58-62-68(73)67(66-72)71-69(74)63-59-55-51-47-43-39-36-32-29-27-25-23-21-20-22-24-26-28-30-33-37-41-45-49-53-57-61-65-76-70(75)64-60-56-52-48-44-40-34-18-16-14-12-10-8-6-4-2/h12,14,18,20-21,24,26,34,67-68,72-73H,3-11,13,15-17,19,22-23,25,27-33,35-66H2,1-2H3,(H,71,74)/b14-12-,21-20-,26-24-,34-18-. The fourth-order valence-corrected chi connectivity index (χ4v) is 10.4. The molecular weight excluding hydrogens is 935 g/mol. The zero-order valence-electron chi connectivity index (χ0n) is 51.0. The van der Waals surface area contributed by atoms with Crippen molar-refractivity contribution >= 4 is 11.9 Å². The lowest BCUT2D eigenvalue weighted by Crippen LogP contribution is -2.45. The van der Waals surface area contributed by atoms with Gasteiger partial charge in [0.15, 0.2) is 0 Å². The van der Waals surface area contributed by atoms with E-state index in [9.17, 15) is 19.8 Å². The molecule has 0 radical (unpaired) electrons. The van der Waals surface area contributed by atoms with Crippen LogP contribution in [0, 0.1) is 0 Å². The lowest BCUT2D eigenvalue weighted by Gasteiger charge is -2.22. The van der Waals surface area contributed by atoms with E-state index in [4.69, 9.17) is 4.74 Å². The minimum Gasteiger partial charge on any atom is -0.466 e. The molecule has 0 spiro atoms. The number of hydrogen-bond acceptors (Lipinski definition) is 5. The summed E-state index contributed by atoms with van der Waals surface area (Å²) in [5.41, 5.74) is 0. The van der Waals surface area contributed by atoms with Gasteiger partial charge in [-0.3, -0.25) is 9.59 Å². The monoisotopic (exact) mass is 1070 g/mol. The van der Waals surface area contributed by atoms with Gasteiger partial charge in [-0.1, -0.05) is 306 Å². The number of carbonyl (C=O) groups is 2. The number of aliphatic hydroxyl groups is 2. The van der Waals surface area contributed by atoms with Gasteiger partial charge in [-0.05, 0) is 89.9 Å². The molecule has 2 unspecified atom stereocenters. The van der Waals surface area contributed by atoms with Crippen LogP contribution in [0.3, 0.4) is 0 Å². The predicted molar refractivity (Wildman–Crippen MR) is 333 cm³/mol. The summed E-state index contributed by atoms with van der Waals surface area (Å²) >= 11 is 0. The maximum Gasteiger partial charge on any atom is 0.305 e. The molecule has 0 aliphatic heterocycles. The number of esters is 1. The maximum absolute atomic E-state index is 12.5. The first kappa shape index (κ1) is 73.8. The highest BCUT2D eigenvalue weighted by Gasteiger charge is 2.20. The Morgan fingerprint density at radius 2 is 0.658 bits per heavy atom. The lowest BCUT2D eigenvalue weighted by atomic mass is 10.0. The van der Waals surface area contributed by atoms with E-state index < -0.39 is 12.1 Å². The van der Waals surface area contributed by atoms with E-state index in [0.29, 0.717) is 25.9 Å². The molecule has 1 amide bonds. The van der Waals surface area contributed by atoms with Crippen molar-refractivity contribution in [1.29, 1.82) is 0 Å². The van der Waals surface area contributed by atoms with Gasteiger partial charge in [0.05, 0.1) is 25.4 Å². The van der Waals surface area contributed by atoms with Crippen molar-refractivity contribution in [2.75, 3.05) is 13.2 Å². The van der Waals surface area contributed by atoms with Crippen LogP contribution in [-0.4, -0.2) is 47.4 Å². The van der Waals surface area contributed by atoms with E-state index in [-0.39, 0.29) is 18.5 Å². The van der Waals surface area contributed by atoms with Gasteiger partial charge < -0.3 is 20.3 Å². The zero-order valence-corrected chi connectivity index (χ0v) is 51.0. The quantitative estimate of drug-likeness (QED) is 0.0320. The second-order valence-corrected chi connectivity index (χ2v) is 23.1. The molecular formula is C70H131NO5. The van der Waals surface area contributed by atoms with E-state index >= 15 is 0 Å². The van der Waals surface area contributed by atoms with Crippen molar-refractivity contribution in [1.82, 2.24) is 5.32 Å². The van der Waals surface area contributed by atoms with Gasteiger partial charge in [0.25, 0.3) is 0 Å². The third-order valence-corrected chi connectivity index (χ3v) is 15.6. The van der Waals surface area contributed by atoms with E-state index in [0.717, 1.165) is 57.8 Å². The summed E-state index contributed by atoms with van der Waals surface area (Å²) in [5.74, 6) is -0.0394. The van der Waals surface area contributed by atoms with Gasteiger partial charge in [0.2, 0.25) is 5.91 Å². The summed E-state index contributed by atoms with van der Waals surface area (Å²) in [6, 6.07) is -0.545. The SMILES string of the molecule is CCCCC/C=C\C/C=C\CCCCCCCC(=O)OCCCCCCCCCCC/C=C\C/C=C\CCCCCCCCCCCCCC(=O)NC(CO)C(O)CCCCCCCCCCCCCCCCCCC. The van der Waals surface area contributed by atoms with Crippen LogP contribution >= 0.6 is 0 Å². The van der Waals surface area contributed by atoms with Crippen LogP contribution in [0.5, 0.6) is 0 Å². The minimum absolute atomic E-state index is 0.00337. The molecule has 0 saturated carbocycles. The summed E-state index contributed by atoms with van der Waals surface area (Å²) in [6.45, 7) is 4.94. The molecule has 0 aromatic heterocycles. The summed E-state index contributed by atoms with van der Waals surface area (Å²) in [4.78, 5) is 24.6. The Kier molecular flexibility index (Phi) is 63.5. The number of aliphatic hydroxyl groups excluding tert-OH is 2. The predicted octanol–water partition coefficient (Wildman–Crippen LogP) is 21.7. The molecule has 6 nitrogen and oxygen atoms in total. The zero-order chi connectivity index (χ0) is 55.0. The fourth-order valence-electron chi connectivity index (χ4n) is 10.4. The normalized spacial score (nSPS) is 12.8. The molecule has 0 fully saturated rings. The summed E-state index contributed by atoms with van der Waals surface area (Å²) < 4.78 is 5.48. The average Bonchev–Trinajstić information content (AvgIpc) is 3.42. The van der Waals surface area contributed by atoms with Crippen LogP contribution in [0.15, 0.2) is 48.6 Å². The van der Waals surface area contributed by atoms with Crippen molar-refractivity contribution < 1.29 is 24.5 Å². The number of nitrogens with one attached hydrogen (secondary N) is 1. The number of ether oxygens (including phenoxy) is 1. The Hall–Kier alpha value is -2.18. The molecule has 0 aromatic carbocycles. The molecule has 0 aliphatic rings. The first-order valence-corrected chi connectivity index (χ1v) is 33.9. The minimum atomic E-state index is -0.667. The van der Waals surface area contributed by atoms with Crippen LogP contribution in [0.25, 0.3) is 0 Å². The Labute approximate surface area is 474 Å². The summed E-state index contributed by atoms with van der Waals surface area (Å²) in [5, 5.41) is 23.4. The number of allylic oxidation sites excluding steroid dienone is 8. The Morgan fingerprint density at radius 3 is 1.03 bits per heavy atom. The average molecular weight is 1070 g/mol. The van der Waals surface area contributed by atoms with E-state index in [1.54, 1.807) is 0 Å². The number of amides is 1. The van der Waals surface area contributed by atoms with E-state index in [1.165, 1.54) is 270 Å². The number of carbonyl (C=O) groups excluding carboxylic acids is 2. The smallest absolute Gasteiger partial charge is 0.305 e. The number of unbranched alkanes of at least 4 members (excludes halogenated alkanes) is 44. The van der Waals surface area contributed by atoms with Crippen molar-refractivity contribution in [2.24, 2.45) is 0 Å². The van der Waals surface area contributed by atoms with Crippen molar-refractivity contribution in [3.63, 3.8) is 0 Å². The van der Waals surface area contributed by atoms with Crippen LogP contribution in [0.2, 0.25) is 0 Å². The second-order valence-electron chi connectivity index (χ2n) is 23.1. The van der Waals surface area contributed by atoms with Crippen molar-refractivity contribution in [2.45, 2.75) is 373 Å². The third kappa shape index (κ3) is 61.0. The molecule has 3 N–H and O–H groups in total. The molecule has 0 aromatic rings. The van der Waals surface area contributed by atoms with Gasteiger partial charge in [0.1, 0.15) is 0 Å². The molecule has 446 valence electrons. The molecule has 2 atom stereocenters. The van der Waals surface area contributed by atoms with Crippen molar-refractivity contribution in [3.8, 4) is 0 Å².